The average Bonchev–Trinajstić information content (AvgIpc) is 3.08. The van der Waals surface area contributed by atoms with Gasteiger partial charge in [-0.25, -0.2) is 9.67 Å². The number of benzene rings is 1. The van der Waals surface area contributed by atoms with Crippen molar-refractivity contribution in [2.24, 2.45) is 0 Å². The second-order valence-electron chi connectivity index (χ2n) is 5.21. The highest BCUT2D eigenvalue weighted by atomic mass is 35.5. The predicted octanol–water partition coefficient (Wildman–Crippen LogP) is 2.39. The molecule has 1 aliphatic heterocycles. The number of likely N-dealkylation sites (tertiary alicyclic amines) is 1. The van der Waals surface area contributed by atoms with Gasteiger partial charge < -0.3 is 4.90 Å². The van der Waals surface area contributed by atoms with Crippen molar-refractivity contribution < 1.29 is 4.79 Å². The first kappa shape index (κ1) is 14.1. The molecule has 2 heterocycles. The molecule has 0 aliphatic carbocycles. The van der Waals surface area contributed by atoms with E-state index in [9.17, 15) is 4.79 Å². The summed E-state index contributed by atoms with van der Waals surface area (Å²) in [6.07, 6.45) is 3.86. The molecule has 0 bridgehead atoms. The third-order valence-electron chi connectivity index (χ3n) is 3.86. The van der Waals surface area contributed by atoms with Crippen LogP contribution in [0, 0.1) is 6.92 Å². The van der Waals surface area contributed by atoms with Gasteiger partial charge in [0.15, 0.2) is 0 Å². The summed E-state index contributed by atoms with van der Waals surface area (Å²) >= 11 is 6.17. The van der Waals surface area contributed by atoms with Crippen molar-refractivity contribution in [3.8, 4) is 5.69 Å². The van der Waals surface area contributed by atoms with Gasteiger partial charge in [0.05, 0.1) is 5.69 Å². The van der Waals surface area contributed by atoms with Gasteiger partial charge in [-0.2, -0.15) is 5.10 Å². The number of hydrogen-bond donors (Lipinski definition) is 0. The highest BCUT2D eigenvalue weighted by Gasteiger charge is 2.20. The van der Waals surface area contributed by atoms with Crippen molar-refractivity contribution in [2.45, 2.75) is 26.2 Å². The SMILES string of the molecule is Cc1c(Cl)cccc1-n1ncnc1CCN1CCCC1=O. The Morgan fingerprint density at radius 1 is 1.38 bits per heavy atom. The van der Waals surface area contributed by atoms with Gasteiger partial charge in [-0.15, -0.1) is 0 Å². The molecule has 1 fully saturated rings. The monoisotopic (exact) mass is 304 g/mol. The van der Waals surface area contributed by atoms with E-state index in [1.165, 1.54) is 0 Å². The van der Waals surface area contributed by atoms with Gasteiger partial charge in [0, 0.05) is 31.0 Å². The average molecular weight is 305 g/mol. The molecule has 1 aliphatic rings. The molecule has 0 N–H and O–H groups in total. The maximum absolute atomic E-state index is 11.7. The van der Waals surface area contributed by atoms with Crippen LogP contribution in [0.4, 0.5) is 0 Å². The molecule has 2 aromatic rings. The highest BCUT2D eigenvalue weighted by Crippen LogP contribution is 2.22. The van der Waals surface area contributed by atoms with Gasteiger partial charge in [-0.1, -0.05) is 17.7 Å². The van der Waals surface area contributed by atoms with Crippen LogP contribution in [0.5, 0.6) is 0 Å². The van der Waals surface area contributed by atoms with Gasteiger partial charge in [0.2, 0.25) is 5.91 Å². The number of nitrogens with zero attached hydrogens (tertiary/aromatic N) is 4. The molecule has 0 saturated carbocycles. The van der Waals surface area contributed by atoms with E-state index in [0.29, 0.717) is 24.4 Å². The molecule has 0 spiro atoms. The molecule has 3 rings (SSSR count). The van der Waals surface area contributed by atoms with E-state index < -0.39 is 0 Å². The molecule has 1 amide bonds. The second-order valence-corrected chi connectivity index (χ2v) is 5.61. The summed E-state index contributed by atoms with van der Waals surface area (Å²) in [7, 11) is 0. The standard InChI is InChI=1S/C15H17ClN4O/c1-11-12(16)4-2-5-13(11)20-14(17-10-18-20)7-9-19-8-3-6-15(19)21/h2,4-5,10H,3,6-9H2,1H3. The van der Waals surface area contributed by atoms with Crippen LogP contribution in [0.1, 0.15) is 24.2 Å². The smallest absolute Gasteiger partial charge is 0.222 e. The minimum atomic E-state index is 0.236. The predicted molar refractivity (Wildman–Crippen MR) is 80.6 cm³/mol. The Morgan fingerprint density at radius 3 is 3.00 bits per heavy atom. The van der Waals surface area contributed by atoms with E-state index in [0.717, 1.165) is 30.0 Å². The zero-order valence-electron chi connectivity index (χ0n) is 11.9. The summed E-state index contributed by atoms with van der Waals surface area (Å²) in [5.74, 6) is 1.08. The maximum atomic E-state index is 11.7. The molecule has 110 valence electrons. The quantitative estimate of drug-likeness (QED) is 0.871. The maximum Gasteiger partial charge on any atom is 0.222 e. The van der Waals surface area contributed by atoms with Crippen LogP contribution in [0.3, 0.4) is 0 Å². The van der Waals surface area contributed by atoms with Crippen LogP contribution in [0.2, 0.25) is 5.02 Å². The fourth-order valence-corrected chi connectivity index (χ4v) is 2.81. The zero-order chi connectivity index (χ0) is 14.8. The highest BCUT2D eigenvalue weighted by molar-refractivity contribution is 6.31. The van der Waals surface area contributed by atoms with Crippen LogP contribution >= 0.6 is 11.6 Å². The molecule has 0 radical (unpaired) electrons. The van der Waals surface area contributed by atoms with Crippen molar-refractivity contribution >= 4 is 17.5 Å². The van der Waals surface area contributed by atoms with E-state index in [1.54, 1.807) is 6.33 Å². The van der Waals surface area contributed by atoms with Crippen molar-refractivity contribution in [3.63, 3.8) is 0 Å². The summed E-state index contributed by atoms with van der Waals surface area (Å²) in [5.41, 5.74) is 1.91. The Balaban J connectivity index is 1.81. The third kappa shape index (κ3) is 2.78. The first-order chi connectivity index (χ1) is 10.2. The van der Waals surface area contributed by atoms with Crippen LogP contribution in [-0.2, 0) is 11.2 Å². The molecule has 1 saturated heterocycles. The van der Waals surface area contributed by atoms with Gasteiger partial charge in [-0.05, 0) is 31.0 Å². The van der Waals surface area contributed by atoms with Crippen molar-refractivity contribution in [1.82, 2.24) is 19.7 Å². The van der Waals surface area contributed by atoms with Crippen LogP contribution in [-0.4, -0.2) is 38.7 Å². The van der Waals surface area contributed by atoms with Gasteiger partial charge in [0.1, 0.15) is 12.2 Å². The van der Waals surface area contributed by atoms with Gasteiger partial charge in [0.25, 0.3) is 0 Å². The summed E-state index contributed by atoms with van der Waals surface area (Å²) in [4.78, 5) is 17.9. The molecule has 0 unspecified atom stereocenters. The fraction of sp³-hybridized carbons (Fsp3) is 0.400. The largest absolute Gasteiger partial charge is 0.342 e. The Bertz CT molecular complexity index is 667. The minimum Gasteiger partial charge on any atom is -0.342 e. The molecule has 5 nitrogen and oxygen atoms in total. The Morgan fingerprint density at radius 2 is 2.24 bits per heavy atom. The number of halogens is 1. The lowest BCUT2D eigenvalue weighted by Gasteiger charge is -2.15. The van der Waals surface area contributed by atoms with Gasteiger partial charge >= 0.3 is 0 Å². The van der Waals surface area contributed by atoms with Crippen molar-refractivity contribution in [2.75, 3.05) is 13.1 Å². The topological polar surface area (TPSA) is 51.0 Å². The number of aromatic nitrogens is 3. The fourth-order valence-electron chi connectivity index (χ4n) is 2.64. The van der Waals surface area contributed by atoms with Crippen molar-refractivity contribution in [1.29, 1.82) is 0 Å². The summed E-state index contributed by atoms with van der Waals surface area (Å²) in [6.45, 7) is 3.51. The van der Waals surface area contributed by atoms with E-state index in [2.05, 4.69) is 10.1 Å². The Labute approximate surface area is 128 Å². The third-order valence-corrected chi connectivity index (χ3v) is 4.27. The zero-order valence-corrected chi connectivity index (χ0v) is 12.7. The second kappa shape index (κ2) is 5.85. The molecule has 0 atom stereocenters. The summed E-state index contributed by atoms with van der Waals surface area (Å²) in [5, 5.41) is 5.01. The normalized spacial score (nSPS) is 15.0. The van der Waals surface area contributed by atoms with Crippen LogP contribution in [0.15, 0.2) is 24.5 Å². The lowest BCUT2D eigenvalue weighted by atomic mass is 10.2. The first-order valence-electron chi connectivity index (χ1n) is 7.09. The molecule has 1 aromatic heterocycles. The van der Waals surface area contributed by atoms with Crippen LogP contribution < -0.4 is 0 Å². The van der Waals surface area contributed by atoms with E-state index in [1.807, 2.05) is 34.7 Å². The number of carbonyl (C=O) groups excluding carboxylic acids is 1. The number of rotatable bonds is 4. The number of carbonyl (C=O) groups is 1. The Hall–Kier alpha value is -1.88. The van der Waals surface area contributed by atoms with Crippen LogP contribution in [0.25, 0.3) is 5.69 Å². The molecular formula is C15H17ClN4O. The lowest BCUT2D eigenvalue weighted by molar-refractivity contribution is -0.127. The summed E-state index contributed by atoms with van der Waals surface area (Å²) < 4.78 is 1.81. The van der Waals surface area contributed by atoms with E-state index in [4.69, 9.17) is 11.6 Å². The minimum absolute atomic E-state index is 0.236. The Kier molecular flexibility index (Phi) is 3.92. The van der Waals surface area contributed by atoms with E-state index in [-0.39, 0.29) is 5.91 Å². The molecule has 1 aromatic carbocycles. The molecule has 6 heteroatoms. The molecule has 21 heavy (non-hydrogen) atoms. The lowest BCUT2D eigenvalue weighted by Crippen LogP contribution is -2.27. The van der Waals surface area contributed by atoms with Crippen molar-refractivity contribution in [3.05, 3.63) is 40.9 Å². The number of amides is 1. The van der Waals surface area contributed by atoms with Gasteiger partial charge in [-0.3, -0.25) is 4.79 Å². The van der Waals surface area contributed by atoms with E-state index >= 15 is 0 Å². The number of hydrogen-bond acceptors (Lipinski definition) is 3. The molecular weight excluding hydrogens is 288 g/mol. The first-order valence-corrected chi connectivity index (χ1v) is 7.47. The summed E-state index contributed by atoms with van der Waals surface area (Å²) in [6, 6.07) is 5.74.